The van der Waals surface area contributed by atoms with Crippen LogP contribution in [-0.4, -0.2) is 44.4 Å². The number of aromatic amines is 1. The molecule has 0 spiro atoms. The smallest absolute Gasteiger partial charge is 0.256 e. The highest BCUT2D eigenvalue weighted by Crippen LogP contribution is 2.38. The van der Waals surface area contributed by atoms with E-state index in [0.29, 0.717) is 40.6 Å². The number of halogens is 1. The van der Waals surface area contributed by atoms with Crippen LogP contribution in [-0.2, 0) is 20.0 Å². The van der Waals surface area contributed by atoms with E-state index in [1.54, 1.807) is 29.6 Å². The molecule has 1 amide bonds. The Morgan fingerprint density at radius 3 is 2.61 bits per heavy atom. The molecule has 0 radical (unpaired) electrons. The van der Waals surface area contributed by atoms with Gasteiger partial charge in [0.1, 0.15) is 5.75 Å². The summed E-state index contributed by atoms with van der Waals surface area (Å²) in [7, 11) is 3.31. The minimum atomic E-state index is -0.261. The van der Waals surface area contributed by atoms with Gasteiger partial charge in [-0.2, -0.15) is 0 Å². The standard InChI is InChI=1S/C22H24ClN5O3/c1-11-8-15(20-13(3)25-26-27(20)4)19(23)18-14(11)6-7-28(22(18)30)10-16-17(31-5)9-12(2)24-21(16)29/h8-9H,6-7,10H2,1-5H3,(H,24,29). The Hall–Kier alpha value is -3.13. The van der Waals surface area contributed by atoms with Crippen molar-refractivity contribution in [2.75, 3.05) is 13.7 Å². The number of hydrogen-bond donors (Lipinski definition) is 1. The van der Waals surface area contributed by atoms with Gasteiger partial charge in [-0.05, 0) is 50.5 Å². The number of aromatic nitrogens is 4. The fourth-order valence-electron chi connectivity index (χ4n) is 4.24. The first-order valence-corrected chi connectivity index (χ1v) is 10.3. The highest BCUT2D eigenvalue weighted by molar-refractivity contribution is 6.36. The lowest BCUT2D eigenvalue weighted by Crippen LogP contribution is -2.39. The molecule has 162 valence electrons. The third-order valence-corrected chi connectivity index (χ3v) is 6.17. The quantitative estimate of drug-likeness (QED) is 0.671. The van der Waals surface area contributed by atoms with Crippen LogP contribution in [0.1, 0.15) is 38.4 Å². The number of methoxy groups -OCH3 is 1. The summed E-state index contributed by atoms with van der Waals surface area (Å²) >= 11 is 6.80. The topological polar surface area (TPSA) is 93.1 Å². The first-order chi connectivity index (χ1) is 14.7. The summed E-state index contributed by atoms with van der Waals surface area (Å²) in [4.78, 5) is 30.5. The van der Waals surface area contributed by atoms with Crippen LogP contribution in [0.15, 0.2) is 16.9 Å². The average Bonchev–Trinajstić information content (AvgIpc) is 3.05. The molecule has 1 N–H and O–H groups in total. The number of H-pyrrole nitrogens is 1. The van der Waals surface area contributed by atoms with Crippen molar-refractivity contribution in [2.45, 2.75) is 33.7 Å². The summed E-state index contributed by atoms with van der Waals surface area (Å²) in [5.74, 6) is 0.262. The molecule has 1 aliphatic rings. The number of rotatable bonds is 4. The molecule has 3 heterocycles. The number of carbonyl (C=O) groups excluding carboxylic acids is 1. The first-order valence-electron chi connectivity index (χ1n) is 9.97. The number of ether oxygens (including phenoxy) is 1. The van der Waals surface area contributed by atoms with E-state index in [9.17, 15) is 9.59 Å². The number of pyridine rings is 1. The number of fused-ring (bicyclic) bond motifs is 1. The van der Waals surface area contributed by atoms with Crippen LogP contribution in [0.2, 0.25) is 5.02 Å². The van der Waals surface area contributed by atoms with E-state index in [1.807, 2.05) is 19.9 Å². The zero-order valence-corrected chi connectivity index (χ0v) is 18.9. The Morgan fingerprint density at radius 1 is 1.23 bits per heavy atom. The van der Waals surface area contributed by atoms with E-state index in [-0.39, 0.29) is 18.0 Å². The van der Waals surface area contributed by atoms with Crippen molar-refractivity contribution < 1.29 is 9.53 Å². The molecule has 3 aromatic rings. The van der Waals surface area contributed by atoms with Crippen molar-refractivity contribution in [3.63, 3.8) is 0 Å². The van der Waals surface area contributed by atoms with Gasteiger partial charge in [-0.3, -0.25) is 9.59 Å². The highest BCUT2D eigenvalue weighted by atomic mass is 35.5. The molecule has 31 heavy (non-hydrogen) atoms. The Morgan fingerprint density at radius 2 is 1.97 bits per heavy atom. The lowest BCUT2D eigenvalue weighted by molar-refractivity contribution is 0.0725. The minimum Gasteiger partial charge on any atom is -0.496 e. The number of benzene rings is 1. The van der Waals surface area contributed by atoms with Crippen molar-refractivity contribution >= 4 is 17.5 Å². The average molecular weight is 442 g/mol. The van der Waals surface area contributed by atoms with Crippen LogP contribution in [0, 0.1) is 20.8 Å². The number of nitrogens with one attached hydrogen (secondary N) is 1. The van der Waals surface area contributed by atoms with Gasteiger partial charge in [-0.15, -0.1) is 5.10 Å². The van der Waals surface area contributed by atoms with Gasteiger partial charge < -0.3 is 14.6 Å². The van der Waals surface area contributed by atoms with Gasteiger partial charge in [-0.25, -0.2) is 4.68 Å². The lowest BCUT2D eigenvalue weighted by Gasteiger charge is -2.31. The summed E-state index contributed by atoms with van der Waals surface area (Å²) in [6, 6.07) is 3.75. The molecule has 0 unspecified atom stereocenters. The summed E-state index contributed by atoms with van der Waals surface area (Å²) in [5, 5.41) is 8.55. The fourth-order valence-corrected chi connectivity index (χ4v) is 4.58. The van der Waals surface area contributed by atoms with Crippen molar-refractivity contribution in [3.05, 3.63) is 61.2 Å². The van der Waals surface area contributed by atoms with E-state index in [4.69, 9.17) is 16.3 Å². The summed E-state index contributed by atoms with van der Waals surface area (Å²) in [6.07, 6.45) is 0.654. The van der Waals surface area contributed by atoms with Gasteiger partial charge in [0.05, 0.1) is 41.2 Å². The molecule has 8 nitrogen and oxygen atoms in total. The molecule has 2 aromatic heterocycles. The zero-order chi connectivity index (χ0) is 22.4. The maximum absolute atomic E-state index is 13.5. The van der Waals surface area contributed by atoms with Crippen LogP contribution < -0.4 is 10.3 Å². The Balaban J connectivity index is 1.79. The molecule has 1 aliphatic heterocycles. The molecule has 0 saturated carbocycles. The normalized spacial score (nSPS) is 13.5. The van der Waals surface area contributed by atoms with Gasteiger partial charge in [0.25, 0.3) is 11.5 Å². The van der Waals surface area contributed by atoms with E-state index >= 15 is 0 Å². The monoisotopic (exact) mass is 441 g/mol. The second-order valence-electron chi connectivity index (χ2n) is 7.86. The maximum atomic E-state index is 13.5. The Bertz CT molecular complexity index is 1240. The van der Waals surface area contributed by atoms with E-state index in [1.165, 1.54) is 7.11 Å². The van der Waals surface area contributed by atoms with Crippen LogP contribution in [0.4, 0.5) is 0 Å². The number of aryl methyl sites for hydroxylation is 4. The Kier molecular flexibility index (Phi) is 5.35. The maximum Gasteiger partial charge on any atom is 0.256 e. The molecule has 1 aromatic carbocycles. The number of nitrogens with zero attached hydrogens (tertiary/aromatic N) is 4. The number of amides is 1. The molecule has 0 fully saturated rings. The third kappa shape index (κ3) is 3.50. The van der Waals surface area contributed by atoms with E-state index < -0.39 is 0 Å². The van der Waals surface area contributed by atoms with Gasteiger partial charge in [0.15, 0.2) is 0 Å². The van der Waals surface area contributed by atoms with Gasteiger partial charge >= 0.3 is 0 Å². The second kappa shape index (κ2) is 7.85. The van der Waals surface area contributed by atoms with Crippen LogP contribution >= 0.6 is 11.6 Å². The lowest BCUT2D eigenvalue weighted by atomic mass is 9.90. The van der Waals surface area contributed by atoms with E-state index in [2.05, 4.69) is 15.3 Å². The van der Waals surface area contributed by atoms with E-state index in [0.717, 1.165) is 28.1 Å². The van der Waals surface area contributed by atoms with Crippen LogP contribution in [0.5, 0.6) is 5.75 Å². The van der Waals surface area contributed by atoms with Gasteiger partial charge in [-0.1, -0.05) is 16.8 Å². The fraction of sp³-hybridized carbons (Fsp3) is 0.364. The number of carbonyl (C=O) groups is 1. The zero-order valence-electron chi connectivity index (χ0n) is 18.2. The SMILES string of the molecule is COc1cc(C)[nH]c(=O)c1CN1CCc2c(C)cc(-c3c(C)nnn3C)c(Cl)c2C1=O. The molecule has 4 rings (SSSR count). The molecule has 9 heteroatoms. The predicted molar refractivity (Wildman–Crippen MR) is 118 cm³/mol. The molecule has 0 bridgehead atoms. The Labute approximate surface area is 184 Å². The van der Waals surface area contributed by atoms with Crippen molar-refractivity contribution in [2.24, 2.45) is 7.05 Å². The largest absolute Gasteiger partial charge is 0.496 e. The molecular weight excluding hydrogens is 418 g/mol. The second-order valence-corrected chi connectivity index (χ2v) is 8.24. The van der Waals surface area contributed by atoms with Crippen LogP contribution in [0.3, 0.4) is 0 Å². The highest BCUT2D eigenvalue weighted by Gasteiger charge is 2.31. The third-order valence-electron chi connectivity index (χ3n) is 5.78. The van der Waals surface area contributed by atoms with Gasteiger partial charge in [0, 0.05) is 24.8 Å². The minimum absolute atomic E-state index is 0.142. The summed E-state index contributed by atoms with van der Waals surface area (Å²) < 4.78 is 7.05. The summed E-state index contributed by atoms with van der Waals surface area (Å²) in [5.41, 5.74) is 5.50. The van der Waals surface area contributed by atoms with Crippen molar-refractivity contribution in [1.29, 1.82) is 0 Å². The van der Waals surface area contributed by atoms with Crippen molar-refractivity contribution in [3.8, 4) is 17.0 Å². The predicted octanol–water partition coefficient (Wildman–Crippen LogP) is 2.96. The van der Waals surface area contributed by atoms with Gasteiger partial charge in [0.2, 0.25) is 0 Å². The molecule has 0 aliphatic carbocycles. The molecule has 0 saturated heterocycles. The van der Waals surface area contributed by atoms with Crippen LogP contribution in [0.25, 0.3) is 11.3 Å². The first kappa shape index (κ1) is 21.1. The van der Waals surface area contributed by atoms with Crippen molar-refractivity contribution in [1.82, 2.24) is 24.9 Å². The number of hydrogen-bond acceptors (Lipinski definition) is 5. The molecular formula is C22H24ClN5O3. The summed E-state index contributed by atoms with van der Waals surface area (Å²) in [6.45, 7) is 6.26. The molecule has 0 atom stereocenters.